The molecule has 3 aromatic rings. The molecule has 0 bridgehead atoms. The van der Waals surface area contributed by atoms with Crippen molar-refractivity contribution in [2.24, 2.45) is 0 Å². The van der Waals surface area contributed by atoms with Gasteiger partial charge in [-0.15, -0.1) is 0 Å². The largest absolute Gasteiger partial charge is 0.344 e. The van der Waals surface area contributed by atoms with Crippen LogP contribution in [0.3, 0.4) is 0 Å². The number of hydrogen-bond donors (Lipinski definition) is 1. The predicted octanol–water partition coefficient (Wildman–Crippen LogP) is 2.92. The van der Waals surface area contributed by atoms with E-state index in [1.807, 2.05) is 24.3 Å². The highest BCUT2D eigenvalue weighted by molar-refractivity contribution is 9.10. The Kier molecular flexibility index (Phi) is 6.20. The van der Waals surface area contributed by atoms with Gasteiger partial charge in [0.05, 0.1) is 10.6 Å². The van der Waals surface area contributed by atoms with E-state index in [2.05, 4.69) is 31.4 Å². The van der Waals surface area contributed by atoms with Crippen molar-refractivity contribution in [3.8, 4) is 0 Å². The van der Waals surface area contributed by atoms with Gasteiger partial charge in [-0.05, 0) is 42.0 Å². The maximum Gasteiger partial charge on any atom is 0.315 e. The maximum absolute atomic E-state index is 12.9. The Morgan fingerprint density at radius 3 is 2.46 bits per heavy atom. The molecule has 0 saturated heterocycles. The third-order valence-corrected chi connectivity index (χ3v) is 6.06. The fraction of sp³-hybridized carbons (Fsp3) is 0.167. The van der Waals surface area contributed by atoms with Crippen LogP contribution in [0.2, 0.25) is 0 Å². The van der Waals surface area contributed by atoms with Crippen molar-refractivity contribution in [3.63, 3.8) is 0 Å². The van der Waals surface area contributed by atoms with Crippen LogP contribution >= 0.6 is 15.9 Å². The van der Waals surface area contributed by atoms with Crippen molar-refractivity contribution < 1.29 is 22.1 Å². The highest BCUT2D eigenvalue weighted by Crippen LogP contribution is 2.13. The van der Waals surface area contributed by atoms with Crippen LogP contribution in [0.4, 0.5) is 4.39 Å². The minimum atomic E-state index is -3.63. The molecule has 0 aliphatic rings. The lowest BCUT2D eigenvalue weighted by atomic mass is 10.2. The number of sulfone groups is 1. The van der Waals surface area contributed by atoms with E-state index in [1.165, 1.54) is 12.1 Å². The van der Waals surface area contributed by atoms with E-state index < -0.39 is 21.6 Å². The summed E-state index contributed by atoms with van der Waals surface area (Å²) in [6.07, 6.45) is -0.0385. The van der Waals surface area contributed by atoms with Crippen LogP contribution in [-0.4, -0.2) is 30.2 Å². The summed E-state index contributed by atoms with van der Waals surface area (Å²) in [5, 5.41) is 6.28. The molecule has 0 fully saturated rings. The zero-order chi connectivity index (χ0) is 20.1. The summed E-state index contributed by atoms with van der Waals surface area (Å²) >= 11 is 3.33. The molecule has 1 amide bonds. The number of carbonyl (C=O) groups excluding carboxylic acids is 1. The molecule has 1 N–H and O–H groups in total. The van der Waals surface area contributed by atoms with E-state index in [9.17, 15) is 17.6 Å². The van der Waals surface area contributed by atoms with Gasteiger partial charge in [0.2, 0.25) is 0 Å². The minimum Gasteiger partial charge on any atom is -0.344 e. The third kappa shape index (κ3) is 5.23. The minimum absolute atomic E-state index is 0.00450. The topological polar surface area (TPSA) is 102 Å². The summed E-state index contributed by atoms with van der Waals surface area (Å²) in [5.74, 6) is -1.51. The van der Waals surface area contributed by atoms with Crippen LogP contribution < -0.4 is 5.32 Å². The number of nitrogens with one attached hydrogen (secondary N) is 1. The number of hydrogen-bond acceptors (Lipinski definition) is 6. The van der Waals surface area contributed by atoms with Crippen LogP contribution in [-0.2, 0) is 22.8 Å². The molecule has 0 spiro atoms. The van der Waals surface area contributed by atoms with Crippen molar-refractivity contribution in [1.82, 2.24) is 15.5 Å². The third-order valence-electron chi connectivity index (χ3n) is 3.80. The van der Waals surface area contributed by atoms with Crippen LogP contribution in [0.25, 0.3) is 0 Å². The van der Waals surface area contributed by atoms with Gasteiger partial charge in [-0.1, -0.05) is 33.2 Å². The average molecular weight is 468 g/mol. The summed E-state index contributed by atoms with van der Waals surface area (Å²) in [4.78, 5) is 16.0. The molecule has 7 nitrogen and oxygen atoms in total. The SMILES string of the molecule is O=C(NCc1ccc(Br)cc1)c1nc(CCS(=O)(=O)c2ccc(F)cc2)no1. The Morgan fingerprint density at radius 2 is 1.79 bits per heavy atom. The molecule has 0 atom stereocenters. The Bertz CT molecular complexity index is 1070. The molecule has 0 aliphatic heterocycles. The predicted molar refractivity (Wildman–Crippen MR) is 102 cm³/mol. The number of nitrogens with zero attached hydrogens (tertiary/aromatic N) is 2. The van der Waals surface area contributed by atoms with E-state index in [-0.39, 0.29) is 35.3 Å². The molecular weight excluding hydrogens is 453 g/mol. The van der Waals surface area contributed by atoms with Gasteiger partial charge in [0.15, 0.2) is 15.7 Å². The van der Waals surface area contributed by atoms with Crippen molar-refractivity contribution >= 4 is 31.7 Å². The maximum atomic E-state index is 12.9. The number of aromatic nitrogens is 2. The molecule has 0 unspecified atom stereocenters. The first kappa shape index (κ1) is 20.2. The molecule has 3 rings (SSSR count). The number of aryl methyl sites for hydroxylation is 1. The highest BCUT2D eigenvalue weighted by Gasteiger charge is 2.19. The first-order chi connectivity index (χ1) is 13.3. The van der Waals surface area contributed by atoms with Gasteiger partial charge < -0.3 is 9.84 Å². The number of rotatable bonds is 7. The zero-order valence-electron chi connectivity index (χ0n) is 14.4. The smallest absolute Gasteiger partial charge is 0.315 e. The van der Waals surface area contributed by atoms with Crippen LogP contribution in [0.15, 0.2) is 62.4 Å². The molecule has 0 saturated carbocycles. The van der Waals surface area contributed by atoms with Gasteiger partial charge in [0, 0.05) is 17.4 Å². The Labute approximate surface area is 169 Å². The lowest BCUT2D eigenvalue weighted by Gasteiger charge is -2.02. The van der Waals surface area contributed by atoms with Crippen molar-refractivity contribution in [1.29, 1.82) is 0 Å². The van der Waals surface area contributed by atoms with E-state index in [0.717, 1.165) is 22.2 Å². The van der Waals surface area contributed by atoms with Crippen LogP contribution in [0.1, 0.15) is 22.1 Å². The highest BCUT2D eigenvalue weighted by atomic mass is 79.9. The van der Waals surface area contributed by atoms with Gasteiger partial charge in [-0.3, -0.25) is 4.79 Å². The number of halogens is 2. The molecule has 0 radical (unpaired) electrons. The van der Waals surface area contributed by atoms with E-state index >= 15 is 0 Å². The average Bonchev–Trinajstić information content (AvgIpc) is 3.15. The standard InChI is InChI=1S/C18H15BrFN3O4S/c19-13-3-1-12(2-4-13)11-21-17(24)18-22-16(23-27-18)9-10-28(25,26)15-7-5-14(20)6-8-15/h1-8H,9-11H2,(H,21,24). The van der Waals surface area contributed by atoms with E-state index in [1.54, 1.807) is 0 Å². The molecule has 28 heavy (non-hydrogen) atoms. The quantitative estimate of drug-likeness (QED) is 0.535. The number of benzene rings is 2. The summed E-state index contributed by atoms with van der Waals surface area (Å²) in [6, 6.07) is 12.0. The number of carbonyl (C=O) groups is 1. The molecule has 10 heteroatoms. The second kappa shape index (κ2) is 8.61. The van der Waals surface area contributed by atoms with Crippen molar-refractivity contribution in [2.75, 3.05) is 5.75 Å². The lowest BCUT2D eigenvalue weighted by molar-refractivity contribution is 0.0907. The fourth-order valence-electron chi connectivity index (χ4n) is 2.29. The lowest BCUT2D eigenvalue weighted by Crippen LogP contribution is -2.23. The van der Waals surface area contributed by atoms with Crippen molar-refractivity contribution in [3.05, 3.63) is 76.1 Å². The van der Waals surface area contributed by atoms with Gasteiger partial charge in [-0.25, -0.2) is 12.8 Å². The monoisotopic (exact) mass is 467 g/mol. The molecule has 0 aliphatic carbocycles. The number of amides is 1. The Morgan fingerprint density at radius 1 is 1.11 bits per heavy atom. The fourth-order valence-corrected chi connectivity index (χ4v) is 3.80. The molecule has 1 heterocycles. The summed E-state index contributed by atoms with van der Waals surface area (Å²) in [7, 11) is -3.63. The molecular formula is C18H15BrFN3O4S. The zero-order valence-corrected chi connectivity index (χ0v) is 16.8. The summed E-state index contributed by atoms with van der Waals surface area (Å²) < 4.78 is 43.3. The van der Waals surface area contributed by atoms with E-state index in [4.69, 9.17) is 4.52 Å². The second-order valence-electron chi connectivity index (χ2n) is 5.85. The normalized spacial score (nSPS) is 11.4. The van der Waals surface area contributed by atoms with Gasteiger partial charge in [-0.2, -0.15) is 4.98 Å². The Balaban J connectivity index is 1.56. The van der Waals surface area contributed by atoms with Crippen LogP contribution in [0, 0.1) is 5.82 Å². The molecule has 2 aromatic carbocycles. The van der Waals surface area contributed by atoms with Gasteiger partial charge >= 0.3 is 11.8 Å². The molecule has 146 valence electrons. The summed E-state index contributed by atoms with van der Waals surface area (Å²) in [6.45, 7) is 0.281. The molecule has 1 aromatic heterocycles. The first-order valence-electron chi connectivity index (χ1n) is 8.17. The second-order valence-corrected chi connectivity index (χ2v) is 8.87. The Hall–Kier alpha value is -2.59. The van der Waals surface area contributed by atoms with Crippen molar-refractivity contribution in [2.45, 2.75) is 17.9 Å². The first-order valence-corrected chi connectivity index (χ1v) is 10.6. The van der Waals surface area contributed by atoms with Crippen LogP contribution in [0.5, 0.6) is 0 Å². The summed E-state index contributed by atoms with van der Waals surface area (Å²) in [5.41, 5.74) is 0.890. The van der Waals surface area contributed by atoms with Gasteiger partial charge in [0.1, 0.15) is 5.82 Å². The van der Waals surface area contributed by atoms with E-state index in [0.29, 0.717) is 0 Å². The van der Waals surface area contributed by atoms with Gasteiger partial charge in [0.25, 0.3) is 0 Å².